The molecule has 0 saturated carbocycles. The molecular formula is C17H21N3O. The molecule has 2 rings (SSSR count). The Hall–Kier alpha value is -2.36. The summed E-state index contributed by atoms with van der Waals surface area (Å²) < 4.78 is 0. The van der Waals surface area contributed by atoms with Crippen LogP contribution in [0.3, 0.4) is 0 Å². The van der Waals surface area contributed by atoms with Crippen LogP contribution in [-0.2, 0) is 6.42 Å². The number of rotatable bonds is 4. The number of nitrogens with zero attached hydrogens (tertiary/aromatic N) is 2. The molecule has 110 valence electrons. The second-order valence-electron chi connectivity index (χ2n) is 5.01. The number of amides is 1. The fourth-order valence-corrected chi connectivity index (χ4v) is 2.24. The average molecular weight is 283 g/mol. The molecule has 2 N–H and O–H groups in total. The number of carbonyl (C=O) groups excluding carboxylic acids is 1. The Morgan fingerprint density at radius 1 is 1.19 bits per heavy atom. The zero-order valence-electron chi connectivity index (χ0n) is 12.8. The molecule has 0 saturated heterocycles. The van der Waals surface area contributed by atoms with Crippen molar-refractivity contribution in [2.75, 3.05) is 17.2 Å². The van der Waals surface area contributed by atoms with E-state index < -0.39 is 0 Å². The zero-order chi connectivity index (χ0) is 15.4. The lowest BCUT2D eigenvalue weighted by molar-refractivity contribution is 0.0988. The monoisotopic (exact) mass is 283 g/mol. The molecule has 21 heavy (non-hydrogen) atoms. The normalized spacial score (nSPS) is 10.4. The molecule has 0 radical (unpaired) electrons. The fraction of sp³-hybridized carbons (Fsp3) is 0.294. The van der Waals surface area contributed by atoms with Crippen LogP contribution in [-0.4, -0.2) is 17.4 Å². The fourth-order valence-electron chi connectivity index (χ4n) is 2.24. The Balaban J connectivity index is 2.36. The molecule has 0 spiro atoms. The Bertz CT molecular complexity index is 635. The van der Waals surface area contributed by atoms with E-state index in [2.05, 4.69) is 4.98 Å². The van der Waals surface area contributed by atoms with Crippen LogP contribution in [0.25, 0.3) is 0 Å². The number of benzene rings is 1. The minimum absolute atomic E-state index is 0.0508. The van der Waals surface area contributed by atoms with Gasteiger partial charge in [0.05, 0.1) is 0 Å². The molecule has 0 aliphatic carbocycles. The molecule has 0 fully saturated rings. The summed E-state index contributed by atoms with van der Waals surface area (Å²) in [7, 11) is 0. The maximum absolute atomic E-state index is 12.7. The van der Waals surface area contributed by atoms with E-state index in [1.807, 2.05) is 51.1 Å². The van der Waals surface area contributed by atoms with Crippen LogP contribution in [0.2, 0.25) is 0 Å². The Labute approximate surface area is 125 Å². The van der Waals surface area contributed by atoms with Gasteiger partial charge in [0.2, 0.25) is 0 Å². The van der Waals surface area contributed by atoms with Gasteiger partial charge in [-0.15, -0.1) is 0 Å². The molecule has 2 aromatic rings. The SMILES string of the molecule is CCc1cc(C(=O)N(CC)c2ccc(C)cc2)cc(N)n1. The number of aryl methyl sites for hydroxylation is 2. The summed E-state index contributed by atoms with van der Waals surface area (Å²) in [5, 5.41) is 0. The zero-order valence-corrected chi connectivity index (χ0v) is 12.8. The number of hydrogen-bond donors (Lipinski definition) is 1. The minimum Gasteiger partial charge on any atom is -0.384 e. The summed E-state index contributed by atoms with van der Waals surface area (Å²) in [6, 6.07) is 11.4. The van der Waals surface area contributed by atoms with Crippen molar-refractivity contribution in [1.82, 2.24) is 4.98 Å². The number of carbonyl (C=O) groups is 1. The molecular weight excluding hydrogens is 262 g/mol. The molecule has 4 nitrogen and oxygen atoms in total. The average Bonchev–Trinajstić information content (AvgIpc) is 2.49. The lowest BCUT2D eigenvalue weighted by atomic mass is 10.1. The Morgan fingerprint density at radius 2 is 1.86 bits per heavy atom. The topological polar surface area (TPSA) is 59.2 Å². The highest BCUT2D eigenvalue weighted by Crippen LogP contribution is 2.19. The van der Waals surface area contributed by atoms with Gasteiger partial charge in [0.1, 0.15) is 5.82 Å². The van der Waals surface area contributed by atoms with Crippen LogP contribution >= 0.6 is 0 Å². The van der Waals surface area contributed by atoms with Gasteiger partial charge >= 0.3 is 0 Å². The summed E-state index contributed by atoms with van der Waals surface area (Å²) in [5.74, 6) is 0.336. The predicted octanol–water partition coefficient (Wildman–Crippen LogP) is 3.20. The van der Waals surface area contributed by atoms with Gasteiger partial charge in [-0.3, -0.25) is 4.79 Å². The van der Waals surface area contributed by atoms with E-state index in [1.165, 1.54) is 5.56 Å². The summed E-state index contributed by atoms with van der Waals surface area (Å²) in [4.78, 5) is 18.7. The molecule has 0 aliphatic rings. The third kappa shape index (κ3) is 3.40. The summed E-state index contributed by atoms with van der Waals surface area (Å²) >= 11 is 0. The lowest BCUT2D eigenvalue weighted by Crippen LogP contribution is -2.30. The van der Waals surface area contributed by atoms with Gasteiger partial charge in [-0.2, -0.15) is 0 Å². The first kappa shape index (κ1) is 15.0. The molecule has 1 amide bonds. The van der Waals surface area contributed by atoms with Crippen LogP contribution in [0.4, 0.5) is 11.5 Å². The molecule has 0 atom stereocenters. The van der Waals surface area contributed by atoms with Crippen molar-refractivity contribution in [3.63, 3.8) is 0 Å². The van der Waals surface area contributed by atoms with Gasteiger partial charge in [-0.1, -0.05) is 24.6 Å². The maximum atomic E-state index is 12.7. The van der Waals surface area contributed by atoms with Crippen molar-refractivity contribution >= 4 is 17.4 Å². The lowest BCUT2D eigenvalue weighted by Gasteiger charge is -2.21. The van der Waals surface area contributed by atoms with E-state index in [0.717, 1.165) is 17.8 Å². The van der Waals surface area contributed by atoms with Gasteiger partial charge in [0.15, 0.2) is 0 Å². The molecule has 1 aromatic carbocycles. The highest BCUT2D eigenvalue weighted by Gasteiger charge is 2.17. The Kier molecular flexibility index (Phi) is 4.58. The molecule has 1 heterocycles. The molecule has 1 aromatic heterocycles. The smallest absolute Gasteiger partial charge is 0.258 e. The van der Waals surface area contributed by atoms with E-state index in [0.29, 0.717) is 17.9 Å². The van der Waals surface area contributed by atoms with Crippen LogP contribution in [0, 0.1) is 6.92 Å². The highest BCUT2D eigenvalue weighted by atomic mass is 16.2. The summed E-state index contributed by atoms with van der Waals surface area (Å²) in [5.41, 5.74) is 9.27. The van der Waals surface area contributed by atoms with Crippen LogP contribution in [0.15, 0.2) is 36.4 Å². The number of hydrogen-bond acceptors (Lipinski definition) is 3. The van der Waals surface area contributed by atoms with Gasteiger partial charge in [0, 0.05) is 23.5 Å². The number of aromatic nitrogens is 1. The number of nitrogen functional groups attached to an aromatic ring is 1. The van der Waals surface area contributed by atoms with Crippen molar-refractivity contribution in [2.45, 2.75) is 27.2 Å². The third-order valence-electron chi connectivity index (χ3n) is 3.41. The molecule has 0 aliphatic heterocycles. The minimum atomic E-state index is -0.0508. The molecule has 0 unspecified atom stereocenters. The van der Waals surface area contributed by atoms with Crippen molar-refractivity contribution in [3.05, 3.63) is 53.2 Å². The largest absolute Gasteiger partial charge is 0.384 e. The number of nitrogens with two attached hydrogens (primary N) is 1. The highest BCUT2D eigenvalue weighted by molar-refractivity contribution is 6.06. The maximum Gasteiger partial charge on any atom is 0.258 e. The van der Waals surface area contributed by atoms with E-state index >= 15 is 0 Å². The number of anilines is 2. The molecule has 0 bridgehead atoms. The summed E-state index contributed by atoms with van der Waals surface area (Å²) in [6.45, 7) is 6.58. The quantitative estimate of drug-likeness (QED) is 0.937. The predicted molar refractivity (Wildman–Crippen MR) is 86.6 cm³/mol. The van der Waals surface area contributed by atoms with Gasteiger partial charge in [0.25, 0.3) is 5.91 Å². The standard InChI is InChI=1S/C17H21N3O/c1-4-14-10-13(11-16(18)19-14)17(21)20(5-2)15-8-6-12(3)7-9-15/h6-11H,4-5H2,1-3H3,(H2,18,19). The van der Waals surface area contributed by atoms with Crippen molar-refractivity contribution < 1.29 is 4.79 Å². The van der Waals surface area contributed by atoms with Crippen LogP contribution in [0.1, 0.15) is 35.5 Å². The van der Waals surface area contributed by atoms with Gasteiger partial charge < -0.3 is 10.6 Å². The van der Waals surface area contributed by atoms with Crippen LogP contribution < -0.4 is 10.6 Å². The second-order valence-corrected chi connectivity index (χ2v) is 5.01. The second kappa shape index (κ2) is 6.39. The van der Waals surface area contributed by atoms with E-state index in [-0.39, 0.29) is 5.91 Å². The number of pyridine rings is 1. The first-order valence-corrected chi connectivity index (χ1v) is 7.20. The third-order valence-corrected chi connectivity index (χ3v) is 3.41. The molecule has 4 heteroatoms. The van der Waals surface area contributed by atoms with Gasteiger partial charge in [-0.25, -0.2) is 4.98 Å². The van der Waals surface area contributed by atoms with Crippen molar-refractivity contribution in [2.24, 2.45) is 0 Å². The van der Waals surface area contributed by atoms with Crippen LogP contribution in [0.5, 0.6) is 0 Å². The first-order chi connectivity index (χ1) is 10.0. The van der Waals surface area contributed by atoms with Crippen molar-refractivity contribution in [3.8, 4) is 0 Å². The van der Waals surface area contributed by atoms with E-state index in [4.69, 9.17) is 5.73 Å². The van der Waals surface area contributed by atoms with Crippen molar-refractivity contribution in [1.29, 1.82) is 0 Å². The summed E-state index contributed by atoms with van der Waals surface area (Å²) in [6.07, 6.45) is 0.752. The van der Waals surface area contributed by atoms with E-state index in [9.17, 15) is 4.79 Å². The first-order valence-electron chi connectivity index (χ1n) is 7.20. The van der Waals surface area contributed by atoms with Gasteiger partial charge in [-0.05, 0) is 44.5 Å². The Morgan fingerprint density at radius 3 is 2.43 bits per heavy atom. The van der Waals surface area contributed by atoms with E-state index in [1.54, 1.807) is 11.0 Å².